The van der Waals surface area contributed by atoms with Gasteiger partial charge in [-0.1, -0.05) is 31.5 Å². The Bertz CT molecular complexity index is 1080. The van der Waals surface area contributed by atoms with E-state index in [0.29, 0.717) is 35.2 Å². The summed E-state index contributed by atoms with van der Waals surface area (Å²) in [6, 6.07) is 12.3. The number of carbonyl (C=O) groups excluding carboxylic acids is 1. The molecule has 2 aliphatic heterocycles. The van der Waals surface area contributed by atoms with Crippen molar-refractivity contribution in [3.05, 3.63) is 53.1 Å². The number of hydrogen-bond donors (Lipinski definition) is 1. The van der Waals surface area contributed by atoms with E-state index in [1.54, 1.807) is 40.7 Å². The first-order chi connectivity index (χ1) is 14.2. The molecule has 0 atom stereocenters. The fourth-order valence-corrected chi connectivity index (χ4v) is 6.03. The van der Waals surface area contributed by atoms with Crippen LogP contribution in [0.5, 0.6) is 0 Å². The summed E-state index contributed by atoms with van der Waals surface area (Å²) in [5.74, 6) is -0.144. The number of nitrogens with zero attached hydrogens (tertiary/aromatic N) is 2. The smallest absolute Gasteiger partial charge is 0.243 e. The van der Waals surface area contributed by atoms with Gasteiger partial charge in [-0.15, -0.1) is 0 Å². The standard InChI is InChI=1S/C22H26ClN3O3S/c1-22(2)15-25(14-21(27)24-17-7-5-6-16(23)12-17)20-9-8-18(13-19(20)22)30(28,29)26-10-3-4-11-26/h5-9,12-13H,3-4,10-11,14-15H2,1-2H3,(H,24,27). The Balaban J connectivity index is 1.56. The topological polar surface area (TPSA) is 69.7 Å². The van der Waals surface area contributed by atoms with Crippen LogP contribution in [0.25, 0.3) is 0 Å². The van der Waals surface area contributed by atoms with Crippen LogP contribution in [0, 0.1) is 0 Å². The molecule has 8 heteroatoms. The first-order valence-electron chi connectivity index (χ1n) is 10.1. The van der Waals surface area contributed by atoms with Gasteiger partial charge in [0, 0.05) is 41.4 Å². The van der Waals surface area contributed by atoms with Crippen molar-refractivity contribution in [2.24, 2.45) is 0 Å². The summed E-state index contributed by atoms with van der Waals surface area (Å²) in [5.41, 5.74) is 2.25. The van der Waals surface area contributed by atoms with Crippen LogP contribution in [0.3, 0.4) is 0 Å². The molecule has 2 heterocycles. The lowest BCUT2D eigenvalue weighted by Gasteiger charge is -2.22. The van der Waals surface area contributed by atoms with Crippen LogP contribution >= 0.6 is 11.6 Å². The highest BCUT2D eigenvalue weighted by Crippen LogP contribution is 2.42. The molecule has 0 aromatic heterocycles. The Kier molecular flexibility index (Phi) is 5.55. The van der Waals surface area contributed by atoms with E-state index in [1.807, 2.05) is 11.0 Å². The lowest BCUT2D eigenvalue weighted by atomic mass is 9.87. The maximum Gasteiger partial charge on any atom is 0.243 e. The largest absolute Gasteiger partial charge is 0.361 e. The summed E-state index contributed by atoms with van der Waals surface area (Å²) >= 11 is 5.99. The van der Waals surface area contributed by atoms with E-state index >= 15 is 0 Å². The van der Waals surface area contributed by atoms with E-state index in [9.17, 15) is 13.2 Å². The Morgan fingerprint density at radius 3 is 2.57 bits per heavy atom. The van der Waals surface area contributed by atoms with Gasteiger partial charge in [-0.2, -0.15) is 4.31 Å². The number of benzene rings is 2. The first kappa shape index (κ1) is 21.2. The molecule has 0 saturated carbocycles. The number of halogens is 1. The number of nitrogens with one attached hydrogen (secondary N) is 1. The highest BCUT2D eigenvalue weighted by molar-refractivity contribution is 7.89. The lowest BCUT2D eigenvalue weighted by molar-refractivity contribution is -0.115. The van der Waals surface area contributed by atoms with Crippen LogP contribution in [0.1, 0.15) is 32.3 Å². The Morgan fingerprint density at radius 1 is 1.13 bits per heavy atom. The van der Waals surface area contributed by atoms with Gasteiger partial charge in [0.05, 0.1) is 11.4 Å². The van der Waals surface area contributed by atoms with Gasteiger partial charge in [-0.05, 0) is 54.8 Å². The summed E-state index contributed by atoms with van der Waals surface area (Å²) < 4.78 is 27.5. The number of anilines is 2. The summed E-state index contributed by atoms with van der Waals surface area (Å²) in [6.07, 6.45) is 1.82. The molecule has 2 aromatic rings. The molecule has 0 bridgehead atoms. The number of sulfonamides is 1. The summed E-state index contributed by atoms with van der Waals surface area (Å²) in [5, 5.41) is 3.44. The minimum absolute atomic E-state index is 0.144. The Hall–Kier alpha value is -2.09. The van der Waals surface area contributed by atoms with Gasteiger partial charge in [-0.25, -0.2) is 8.42 Å². The molecule has 0 aliphatic carbocycles. The minimum Gasteiger partial charge on any atom is -0.361 e. The molecule has 2 aliphatic rings. The van der Waals surface area contributed by atoms with Crippen molar-refractivity contribution in [3.8, 4) is 0 Å². The second-order valence-corrected chi connectivity index (χ2v) is 11.0. The summed E-state index contributed by atoms with van der Waals surface area (Å²) in [4.78, 5) is 14.9. The number of fused-ring (bicyclic) bond motifs is 1. The molecule has 30 heavy (non-hydrogen) atoms. The van der Waals surface area contributed by atoms with Gasteiger partial charge in [-0.3, -0.25) is 4.79 Å². The van der Waals surface area contributed by atoms with Crippen LogP contribution in [0.4, 0.5) is 11.4 Å². The van der Waals surface area contributed by atoms with Crippen molar-refractivity contribution < 1.29 is 13.2 Å². The maximum absolute atomic E-state index is 13.0. The van der Waals surface area contributed by atoms with E-state index in [1.165, 1.54) is 0 Å². The van der Waals surface area contributed by atoms with Crippen LogP contribution in [-0.2, 0) is 20.2 Å². The van der Waals surface area contributed by atoms with E-state index in [0.717, 1.165) is 24.1 Å². The molecule has 1 fully saturated rings. The SMILES string of the molecule is CC1(C)CN(CC(=O)Nc2cccc(Cl)c2)c2ccc(S(=O)(=O)N3CCCC3)cc21. The summed E-state index contributed by atoms with van der Waals surface area (Å²) in [7, 11) is -3.47. The molecule has 6 nitrogen and oxygen atoms in total. The minimum atomic E-state index is -3.47. The summed E-state index contributed by atoms with van der Waals surface area (Å²) in [6.45, 7) is 6.14. The van der Waals surface area contributed by atoms with E-state index in [-0.39, 0.29) is 17.9 Å². The molecule has 1 amide bonds. The van der Waals surface area contributed by atoms with Gasteiger partial charge in [0.2, 0.25) is 15.9 Å². The zero-order chi connectivity index (χ0) is 21.5. The third-order valence-electron chi connectivity index (χ3n) is 5.77. The van der Waals surface area contributed by atoms with Crippen molar-refractivity contribution in [3.63, 3.8) is 0 Å². The molecule has 1 N–H and O–H groups in total. The number of carbonyl (C=O) groups is 1. The normalized spacial score (nSPS) is 18.4. The molecule has 0 spiro atoms. The zero-order valence-electron chi connectivity index (χ0n) is 17.2. The lowest BCUT2D eigenvalue weighted by Crippen LogP contribution is -2.35. The molecule has 2 aromatic carbocycles. The van der Waals surface area contributed by atoms with Crippen molar-refractivity contribution in [2.75, 3.05) is 36.4 Å². The van der Waals surface area contributed by atoms with Crippen molar-refractivity contribution in [1.82, 2.24) is 4.31 Å². The third kappa shape index (κ3) is 4.06. The van der Waals surface area contributed by atoms with Crippen LogP contribution in [-0.4, -0.2) is 44.8 Å². The maximum atomic E-state index is 13.0. The van der Waals surface area contributed by atoms with Crippen LogP contribution < -0.4 is 10.2 Å². The van der Waals surface area contributed by atoms with Gasteiger partial charge in [0.25, 0.3) is 0 Å². The average Bonchev–Trinajstić information content (AvgIpc) is 3.29. The van der Waals surface area contributed by atoms with E-state index in [4.69, 9.17) is 11.6 Å². The highest BCUT2D eigenvalue weighted by atomic mass is 35.5. The predicted octanol–water partition coefficient (Wildman–Crippen LogP) is 3.86. The molecule has 1 saturated heterocycles. The van der Waals surface area contributed by atoms with Gasteiger partial charge in [0.1, 0.15) is 0 Å². The molecule has 0 radical (unpaired) electrons. The van der Waals surface area contributed by atoms with Gasteiger partial charge >= 0.3 is 0 Å². The van der Waals surface area contributed by atoms with Crippen LogP contribution in [0.2, 0.25) is 5.02 Å². The van der Waals surface area contributed by atoms with Crippen molar-refractivity contribution in [1.29, 1.82) is 0 Å². The number of amides is 1. The van der Waals surface area contributed by atoms with Crippen molar-refractivity contribution >= 4 is 38.9 Å². The number of hydrogen-bond acceptors (Lipinski definition) is 4. The Morgan fingerprint density at radius 2 is 1.87 bits per heavy atom. The quantitative estimate of drug-likeness (QED) is 0.755. The molecule has 0 unspecified atom stereocenters. The monoisotopic (exact) mass is 447 g/mol. The van der Waals surface area contributed by atoms with E-state index < -0.39 is 10.0 Å². The second kappa shape index (κ2) is 7.87. The van der Waals surface area contributed by atoms with Crippen molar-refractivity contribution in [2.45, 2.75) is 37.0 Å². The molecular weight excluding hydrogens is 422 g/mol. The van der Waals surface area contributed by atoms with E-state index in [2.05, 4.69) is 19.2 Å². The number of rotatable bonds is 5. The highest BCUT2D eigenvalue weighted by Gasteiger charge is 2.37. The molecule has 4 rings (SSSR count). The molecular formula is C22H26ClN3O3S. The predicted molar refractivity (Wildman–Crippen MR) is 120 cm³/mol. The average molecular weight is 448 g/mol. The fraction of sp³-hybridized carbons (Fsp3) is 0.409. The van der Waals surface area contributed by atoms with Crippen LogP contribution in [0.15, 0.2) is 47.4 Å². The fourth-order valence-electron chi connectivity index (χ4n) is 4.30. The third-order valence-corrected chi connectivity index (χ3v) is 7.90. The van der Waals surface area contributed by atoms with Gasteiger partial charge in [0.15, 0.2) is 0 Å². The zero-order valence-corrected chi connectivity index (χ0v) is 18.8. The van der Waals surface area contributed by atoms with Gasteiger partial charge < -0.3 is 10.2 Å². The second-order valence-electron chi connectivity index (χ2n) is 8.59. The Labute approximate surface area is 182 Å². The first-order valence-corrected chi connectivity index (χ1v) is 11.9. The molecule has 160 valence electrons.